The second-order valence-corrected chi connectivity index (χ2v) is 8.23. The molecule has 0 aliphatic heterocycles. The topological polar surface area (TPSA) is 81.5 Å². The zero-order valence-corrected chi connectivity index (χ0v) is 17.9. The normalized spacial score (nSPS) is 12.4. The van der Waals surface area contributed by atoms with E-state index < -0.39 is 11.1 Å². The molecule has 9 heteroatoms. The Morgan fingerprint density at radius 3 is 2.82 bits per heavy atom. The third-order valence-electron chi connectivity index (χ3n) is 4.28. The number of nitrogens with zero attached hydrogens (tertiary/aromatic N) is 3. The Kier molecular flexibility index (Phi) is 6.96. The van der Waals surface area contributed by atoms with E-state index in [1.54, 1.807) is 4.52 Å². The molecule has 7 nitrogen and oxygen atoms in total. The number of halogens is 1. The van der Waals surface area contributed by atoms with Crippen LogP contribution in [0.15, 0.2) is 18.2 Å². The van der Waals surface area contributed by atoms with Crippen LogP contribution in [0.4, 0.5) is 0 Å². The first kappa shape index (κ1) is 20.7. The zero-order valence-electron chi connectivity index (χ0n) is 16.3. The number of rotatable bonds is 10. The van der Waals surface area contributed by atoms with Crippen molar-refractivity contribution in [2.24, 2.45) is 0 Å². The van der Waals surface area contributed by atoms with Crippen molar-refractivity contribution in [3.05, 3.63) is 40.3 Å². The van der Waals surface area contributed by atoms with E-state index in [-0.39, 0.29) is 0 Å². The molecule has 3 aromatic rings. The highest BCUT2D eigenvalue weighted by atomic mass is 35.5. The van der Waals surface area contributed by atoms with Crippen LogP contribution < -0.4 is 8.92 Å². The molecule has 1 atom stereocenters. The molecule has 0 amide bonds. The van der Waals surface area contributed by atoms with Gasteiger partial charge in [-0.25, -0.2) is 8.72 Å². The van der Waals surface area contributed by atoms with Crippen molar-refractivity contribution in [1.29, 1.82) is 0 Å². The maximum atomic E-state index is 12.4. The van der Waals surface area contributed by atoms with Crippen LogP contribution in [-0.2, 0) is 17.5 Å². The SMILES string of the molecule is CCCCOc1ccc(C)cc1OS(=O)CCCc1nnc2c(Cl)c(C)[nH]n12. The number of benzene rings is 1. The quantitative estimate of drug-likeness (QED) is 0.493. The van der Waals surface area contributed by atoms with Crippen LogP contribution in [0, 0.1) is 13.8 Å². The number of unbranched alkanes of at least 4 members (excludes halogenated alkanes) is 1. The van der Waals surface area contributed by atoms with Crippen LogP contribution in [0.25, 0.3) is 5.65 Å². The van der Waals surface area contributed by atoms with Gasteiger partial charge in [0, 0.05) is 6.42 Å². The molecule has 3 rings (SSSR count). The first-order valence-electron chi connectivity index (χ1n) is 9.37. The van der Waals surface area contributed by atoms with Gasteiger partial charge in [0.2, 0.25) is 11.1 Å². The number of fused-ring (bicyclic) bond motifs is 1. The van der Waals surface area contributed by atoms with Crippen molar-refractivity contribution in [1.82, 2.24) is 19.8 Å². The van der Waals surface area contributed by atoms with Crippen LogP contribution in [0.1, 0.15) is 43.3 Å². The molecule has 2 aromatic heterocycles. The van der Waals surface area contributed by atoms with Crippen molar-refractivity contribution in [2.45, 2.75) is 46.5 Å². The Morgan fingerprint density at radius 1 is 1.21 bits per heavy atom. The van der Waals surface area contributed by atoms with Gasteiger partial charge in [-0.2, -0.15) is 0 Å². The summed E-state index contributed by atoms with van der Waals surface area (Å²) in [6.07, 6.45) is 3.27. The van der Waals surface area contributed by atoms with E-state index in [0.29, 0.717) is 47.4 Å². The fourth-order valence-electron chi connectivity index (χ4n) is 2.74. The maximum Gasteiger partial charge on any atom is 0.206 e. The monoisotopic (exact) mass is 424 g/mol. The lowest BCUT2D eigenvalue weighted by atomic mass is 10.2. The smallest absolute Gasteiger partial charge is 0.206 e. The number of H-pyrrole nitrogens is 1. The van der Waals surface area contributed by atoms with Gasteiger partial charge in [0.25, 0.3) is 0 Å². The first-order chi connectivity index (χ1) is 13.5. The minimum absolute atomic E-state index is 0.380. The summed E-state index contributed by atoms with van der Waals surface area (Å²) in [5.41, 5.74) is 2.48. The Balaban J connectivity index is 1.56. The molecule has 0 spiro atoms. The average molecular weight is 425 g/mol. The van der Waals surface area contributed by atoms with Crippen molar-refractivity contribution < 1.29 is 13.1 Å². The van der Waals surface area contributed by atoms with Crippen LogP contribution in [0.2, 0.25) is 5.02 Å². The number of aromatic amines is 1. The van der Waals surface area contributed by atoms with Gasteiger partial charge in [0.05, 0.1) is 18.1 Å². The minimum atomic E-state index is -1.46. The van der Waals surface area contributed by atoms with Gasteiger partial charge >= 0.3 is 0 Å². The van der Waals surface area contributed by atoms with Crippen LogP contribution in [0.5, 0.6) is 11.5 Å². The van der Waals surface area contributed by atoms with Crippen molar-refractivity contribution in [3.63, 3.8) is 0 Å². The summed E-state index contributed by atoms with van der Waals surface area (Å²) >= 11 is 4.70. The van der Waals surface area contributed by atoms with Gasteiger partial charge in [-0.05, 0) is 44.4 Å². The zero-order chi connectivity index (χ0) is 20.1. The second kappa shape index (κ2) is 9.43. The number of aromatic nitrogens is 4. The molecule has 0 aliphatic carbocycles. The highest BCUT2D eigenvalue weighted by Crippen LogP contribution is 2.29. The number of nitrogens with one attached hydrogen (secondary N) is 1. The molecule has 2 heterocycles. The molecule has 0 aliphatic rings. The van der Waals surface area contributed by atoms with E-state index in [9.17, 15) is 4.21 Å². The molecule has 1 N–H and O–H groups in total. The molecule has 28 heavy (non-hydrogen) atoms. The Labute approximate surface area is 172 Å². The van der Waals surface area contributed by atoms with Crippen molar-refractivity contribution >= 4 is 28.3 Å². The number of aryl methyl sites for hydroxylation is 3. The van der Waals surface area contributed by atoms with Crippen LogP contribution in [0.3, 0.4) is 0 Å². The predicted octanol–water partition coefficient (Wildman–Crippen LogP) is 4.18. The highest BCUT2D eigenvalue weighted by molar-refractivity contribution is 7.80. The highest BCUT2D eigenvalue weighted by Gasteiger charge is 2.14. The number of hydrogen-bond donors (Lipinski definition) is 1. The van der Waals surface area contributed by atoms with Gasteiger partial charge in [0.1, 0.15) is 5.02 Å². The Bertz CT molecular complexity index is 970. The minimum Gasteiger partial charge on any atom is -0.490 e. The fraction of sp³-hybridized carbons (Fsp3) is 0.474. The van der Waals surface area contributed by atoms with Crippen LogP contribution in [-0.4, -0.2) is 36.4 Å². The van der Waals surface area contributed by atoms with E-state index in [4.69, 9.17) is 20.5 Å². The number of hydrogen-bond acceptors (Lipinski definition) is 5. The van der Waals surface area contributed by atoms with Crippen molar-refractivity contribution in [2.75, 3.05) is 12.4 Å². The third-order valence-corrected chi connectivity index (χ3v) is 5.72. The summed E-state index contributed by atoms with van der Waals surface area (Å²) < 4.78 is 25.6. The molecule has 0 saturated carbocycles. The van der Waals surface area contributed by atoms with Crippen LogP contribution >= 0.6 is 11.6 Å². The molecular weight excluding hydrogens is 400 g/mol. The number of ether oxygens (including phenoxy) is 1. The Hall–Kier alpha value is -2.06. The average Bonchev–Trinajstić information content (AvgIpc) is 3.17. The summed E-state index contributed by atoms with van der Waals surface area (Å²) in [6.45, 7) is 6.57. The summed E-state index contributed by atoms with van der Waals surface area (Å²) in [5, 5.41) is 11.9. The predicted molar refractivity (Wildman–Crippen MR) is 111 cm³/mol. The van der Waals surface area contributed by atoms with Gasteiger partial charge in [-0.15, -0.1) is 10.2 Å². The molecule has 0 fully saturated rings. The van der Waals surface area contributed by atoms with Gasteiger partial charge in [-0.1, -0.05) is 31.0 Å². The molecule has 0 bridgehead atoms. The van der Waals surface area contributed by atoms with Gasteiger partial charge in [0.15, 0.2) is 23.0 Å². The van der Waals surface area contributed by atoms with Gasteiger partial charge < -0.3 is 8.92 Å². The summed E-state index contributed by atoms with van der Waals surface area (Å²) in [6, 6.07) is 5.67. The first-order valence-corrected chi connectivity index (χ1v) is 11.0. The van der Waals surface area contributed by atoms with Gasteiger partial charge in [-0.3, -0.25) is 5.10 Å². The lowest BCUT2D eigenvalue weighted by Crippen LogP contribution is -2.09. The molecule has 0 radical (unpaired) electrons. The van der Waals surface area contributed by atoms with E-state index in [0.717, 1.165) is 29.9 Å². The molecule has 0 saturated heterocycles. The fourth-order valence-corrected chi connectivity index (χ4v) is 3.70. The third kappa shape index (κ3) is 4.86. The lowest BCUT2D eigenvalue weighted by Gasteiger charge is -2.12. The Morgan fingerprint density at radius 2 is 2.04 bits per heavy atom. The largest absolute Gasteiger partial charge is 0.490 e. The summed E-state index contributed by atoms with van der Waals surface area (Å²) in [5.74, 6) is 2.28. The maximum absolute atomic E-state index is 12.4. The lowest BCUT2D eigenvalue weighted by molar-refractivity contribution is 0.301. The molecular formula is C19H25ClN4O3S. The van der Waals surface area contributed by atoms with Crippen molar-refractivity contribution in [3.8, 4) is 11.5 Å². The summed E-state index contributed by atoms with van der Waals surface area (Å²) in [4.78, 5) is 0. The second-order valence-electron chi connectivity index (χ2n) is 6.67. The van der Waals surface area contributed by atoms with E-state index in [2.05, 4.69) is 22.2 Å². The molecule has 1 aromatic carbocycles. The summed E-state index contributed by atoms with van der Waals surface area (Å²) in [7, 11) is 0. The molecule has 152 valence electrons. The van der Waals surface area contributed by atoms with E-state index in [1.165, 1.54) is 0 Å². The molecule has 1 unspecified atom stereocenters. The van der Waals surface area contributed by atoms with E-state index >= 15 is 0 Å². The van der Waals surface area contributed by atoms with E-state index in [1.807, 2.05) is 32.0 Å². The standard InChI is InChI=1S/C19H25ClN4O3S/c1-4-5-10-26-15-9-8-13(2)12-16(15)27-28(25)11-6-7-17-21-22-19-18(20)14(3)23-24(17)19/h8-9,12,23H,4-7,10-11H2,1-3H3.